The average Bonchev–Trinajstić information content (AvgIpc) is 2.88. The van der Waals surface area contributed by atoms with Crippen LogP contribution in [0.15, 0.2) is 17.8 Å². The number of nitrogens with one attached hydrogen (secondary N) is 1. The number of amides is 3. The van der Waals surface area contributed by atoms with Gasteiger partial charge in [-0.15, -0.1) is 11.3 Å². The van der Waals surface area contributed by atoms with E-state index in [0.29, 0.717) is 6.54 Å². The monoisotopic (exact) mass is 264 g/mol. The van der Waals surface area contributed by atoms with E-state index in [0.717, 1.165) is 10.7 Å². The van der Waals surface area contributed by atoms with Gasteiger partial charge in [-0.25, -0.2) is 9.78 Å². The van der Waals surface area contributed by atoms with Crippen molar-refractivity contribution in [1.82, 2.24) is 19.6 Å². The fourth-order valence-corrected chi connectivity index (χ4v) is 2.70. The minimum absolute atomic E-state index is 0.270. The third-order valence-corrected chi connectivity index (χ3v) is 3.93. The van der Waals surface area contributed by atoms with Gasteiger partial charge < -0.3 is 4.90 Å². The van der Waals surface area contributed by atoms with Crippen LogP contribution in [0.4, 0.5) is 4.79 Å². The number of aromatic nitrogens is 2. The molecule has 0 aliphatic carbocycles. The van der Waals surface area contributed by atoms with Crippen LogP contribution in [-0.2, 0) is 11.3 Å². The minimum atomic E-state index is -0.825. The van der Waals surface area contributed by atoms with Crippen LogP contribution < -0.4 is 5.32 Å². The summed E-state index contributed by atoms with van der Waals surface area (Å²) in [4.78, 5) is 30.1. The van der Waals surface area contributed by atoms with E-state index in [1.165, 1.54) is 16.2 Å². The zero-order valence-electron chi connectivity index (χ0n) is 10.0. The number of imidazole rings is 1. The first-order valence-corrected chi connectivity index (χ1v) is 6.40. The van der Waals surface area contributed by atoms with Crippen LogP contribution in [0.25, 0.3) is 4.96 Å². The van der Waals surface area contributed by atoms with E-state index in [1.54, 1.807) is 13.8 Å². The van der Waals surface area contributed by atoms with Crippen LogP contribution in [0.5, 0.6) is 0 Å². The van der Waals surface area contributed by atoms with E-state index >= 15 is 0 Å². The molecule has 3 rings (SSSR count). The van der Waals surface area contributed by atoms with Crippen molar-refractivity contribution in [2.45, 2.75) is 25.9 Å². The van der Waals surface area contributed by atoms with E-state index in [9.17, 15) is 9.59 Å². The lowest BCUT2D eigenvalue weighted by Crippen LogP contribution is -2.43. The Bertz CT molecular complexity index is 614. The molecule has 94 valence electrons. The number of thiazole rings is 1. The number of fused-ring (bicyclic) bond motifs is 1. The van der Waals surface area contributed by atoms with Crippen LogP contribution in [-0.4, -0.2) is 31.8 Å². The number of urea groups is 1. The molecule has 0 aromatic carbocycles. The molecule has 2 aromatic heterocycles. The number of carbonyl (C=O) groups is 2. The molecule has 6 nitrogen and oxygen atoms in total. The van der Waals surface area contributed by atoms with Gasteiger partial charge >= 0.3 is 6.03 Å². The van der Waals surface area contributed by atoms with Gasteiger partial charge in [0.1, 0.15) is 5.54 Å². The van der Waals surface area contributed by atoms with E-state index < -0.39 is 5.54 Å². The molecule has 0 radical (unpaired) electrons. The predicted octanol–water partition coefficient (Wildman–Crippen LogP) is 1.23. The van der Waals surface area contributed by atoms with Crippen LogP contribution in [0, 0.1) is 0 Å². The number of rotatable bonds is 2. The Morgan fingerprint density at radius 1 is 1.44 bits per heavy atom. The standard InChI is InChI=1S/C11H12N4O2S/c1-11(2)8(16)13-9(17)15(11)6-7-5-14-3-4-18-10(14)12-7/h3-5H,6H2,1-2H3,(H,13,16,17). The van der Waals surface area contributed by atoms with E-state index in [2.05, 4.69) is 10.3 Å². The number of hydrogen-bond donors (Lipinski definition) is 1. The molecule has 0 bridgehead atoms. The predicted molar refractivity (Wildman–Crippen MR) is 66.2 cm³/mol. The van der Waals surface area contributed by atoms with E-state index in [1.807, 2.05) is 22.2 Å². The molecule has 3 amide bonds. The second-order valence-electron chi connectivity index (χ2n) is 4.73. The summed E-state index contributed by atoms with van der Waals surface area (Å²) < 4.78 is 1.91. The Morgan fingerprint density at radius 3 is 2.83 bits per heavy atom. The van der Waals surface area contributed by atoms with Gasteiger partial charge in [-0.3, -0.25) is 14.5 Å². The maximum atomic E-state index is 11.7. The first kappa shape index (κ1) is 11.2. The van der Waals surface area contributed by atoms with Gasteiger partial charge in [0.2, 0.25) is 0 Å². The molecule has 1 N–H and O–H groups in total. The fourth-order valence-electron chi connectivity index (χ4n) is 1.98. The van der Waals surface area contributed by atoms with Gasteiger partial charge in [-0.2, -0.15) is 0 Å². The molecule has 18 heavy (non-hydrogen) atoms. The minimum Gasteiger partial charge on any atom is -0.304 e. The van der Waals surface area contributed by atoms with Gasteiger partial charge in [0.15, 0.2) is 4.96 Å². The molecule has 0 unspecified atom stereocenters. The fraction of sp³-hybridized carbons (Fsp3) is 0.364. The van der Waals surface area contributed by atoms with Gasteiger partial charge in [-0.05, 0) is 13.8 Å². The maximum absolute atomic E-state index is 11.7. The largest absolute Gasteiger partial charge is 0.325 e. The van der Waals surface area contributed by atoms with E-state index in [4.69, 9.17) is 0 Å². The molecule has 2 aromatic rings. The third kappa shape index (κ3) is 1.51. The summed E-state index contributed by atoms with van der Waals surface area (Å²) in [6, 6.07) is -0.360. The Hall–Kier alpha value is -1.89. The lowest BCUT2D eigenvalue weighted by atomic mass is 10.0. The normalized spacial score (nSPS) is 18.7. The topological polar surface area (TPSA) is 66.7 Å². The highest BCUT2D eigenvalue weighted by Crippen LogP contribution is 2.23. The van der Waals surface area contributed by atoms with Crippen molar-refractivity contribution in [3.63, 3.8) is 0 Å². The first-order valence-electron chi connectivity index (χ1n) is 5.52. The lowest BCUT2D eigenvalue weighted by molar-refractivity contribution is -0.125. The van der Waals surface area contributed by atoms with Crippen LogP contribution in [0.1, 0.15) is 19.5 Å². The first-order chi connectivity index (χ1) is 8.48. The lowest BCUT2D eigenvalue weighted by Gasteiger charge is -2.26. The van der Waals surface area contributed by atoms with Crippen molar-refractivity contribution in [2.24, 2.45) is 0 Å². The quantitative estimate of drug-likeness (QED) is 0.829. The van der Waals surface area contributed by atoms with Crippen LogP contribution in [0.3, 0.4) is 0 Å². The zero-order chi connectivity index (χ0) is 12.9. The highest BCUT2D eigenvalue weighted by molar-refractivity contribution is 7.15. The number of nitrogens with zero attached hydrogens (tertiary/aromatic N) is 3. The van der Waals surface area contributed by atoms with Gasteiger partial charge in [0.25, 0.3) is 5.91 Å². The average molecular weight is 264 g/mol. The number of imide groups is 1. The molecule has 1 aliphatic rings. The van der Waals surface area contributed by atoms with Crippen molar-refractivity contribution in [2.75, 3.05) is 0 Å². The molecule has 0 atom stereocenters. The van der Waals surface area contributed by atoms with Gasteiger partial charge in [-0.1, -0.05) is 0 Å². The Labute approximate surface area is 107 Å². The van der Waals surface area contributed by atoms with E-state index in [-0.39, 0.29) is 11.9 Å². The number of carbonyl (C=O) groups excluding carboxylic acids is 2. The molecular weight excluding hydrogens is 252 g/mol. The molecule has 3 heterocycles. The summed E-state index contributed by atoms with van der Waals surface area (Å²) in [5.74, 6) is -0.270. The second kappa shape index (κ2) is 3.55. The zero-order valence-corrected chi connectivity index (χ0v) is 10.8. The Kier molecular flexibility index (Phi) is 2.21. The molecule has 0 spiro atoms. The maximum Gasteiger partial charge on any atom is 0.325 e. The van der Waals surface area contributed by atoms with Crippen molar-refractivity contribution in [3.8, 4) is 0 Å². The Balaban J connectivity index is 1.90. The summed E-state index contributed by atoms with van der Waals surface area (Å²) in [7, 11) is 0. The van der Waals surface area contributed by atoms with Crippen LogP contribution >= 0.6 is 11.3 Å². The van der Waals surface area contributed by atoms with Crippen molar-refractivity contribution < 1.29 is 9.59 Å². The third-order valence-electron chi connectivity index (χ3n) is 3.16. The summed E-state index contributed by atoms with van der Waals surface area (Å²) >= 11 is 1.53. The molecule has 1 fully saturated rings. The van der Waals surface area contributed by atoms with Gasteiger partial charge in [0, 0.05) is 17.8 Å². The Morgan fingerprint density at radius 2 is 2.22 bits per heavy atom. The second-order valence-corrected chi connectivity index (χ2v) is 5.60. The summed E-state index contributed by atoms with van der Waals surface area (Å²) in [6.45, 7) is 3.79. The molecule has 7 heteroatoms. The van der Waals surface area contributed by atoms with Crippen LogP contribution in [0.2, 0.25) is 0 Å². The summed E-state index contributed by atoms with van der Waals surface area (Å²) in [5.41, 5.74) is -0.0477. The van der Waals surface area contributed by atoms with Crippen molar-refractivity contribution >= 4 is 28.2 Å². The smallest absolute Gasteiger partial charge is 0.304 e. The van der Waals surface area contributed by atoms with Crippen molar-refractivity contribution in [1.29, 1.82) is 0 Å². The SMILES string of the molecule is CC1(C)C(=O)NC(=O)N1Cc1cn2ccsc2n1. The highest BCUT2D eigenvalue weighted by Gasteiger charge is 2.45. The summed E-state index contributed by atoms with van der Waals surface area (Å²) in [5, 5.41) is 4.27. The molecule has 1 aliphatic heterocycles. The summed E-state index contributed by atoms with van der Waals surface area (Å²) in [6.07, 6.45) is 3.79. The molecular formula is C11H12N4O2S. The number of hydrogen-bond acceptors (Lipinski definition) is 4. The van der Waals surface area contributed by atoms with Crippen molar-refractivity contribution in [3.05, 3.63) is 23.5 Å². The molecule has 0 saturated carbocycles. The molecule has 1 saturated heterocycles. The van der Waals surface area contributed by atoms with Gasteiger partial charge in [0.05, 0.1) is 12.2 Å². The highest BCUT2D eigenvalue weighted by atomic mass is 32.1.